The summed E-state index contributed by atoms with van der Waals surface area (Å²) in [5.41, 5.74) is 0.0387. The largest absolute Gasteiger partial charge is 0.497 e. The lowest BCUT2D eigenvalue weighted by molar-refractivity contribution is -0.134. The van der Waals surface area contributed by atoms with Crippen molar-refractivity contribution in [3.63, 3.8) is 0 Å². The molecule has 1 aromatic carbocycles. The fraction of sp³-hybridized carbons (Fsp3) is 0.667. The van der Waals surface area contributed by atoms with E-state index >= 15 is 0 Å². The van der Waals surface area contributed by atoms with Gasteiger partial charge in [-0.1, -0.05) is 13.0 Å². The van der Waals surface area contributed by atoms with E-state index in [9.17, 15) is 4.79 Å². The third kappa shape index (κ3) is 3.36. The average molecular weight is 343 g/mol. The molecule has 4 aliphatic carbocycles. The van der Waals surface area contributed by atoms with E-state index in [1.54, 1.807) is 7.11 Å². The van der Waals surface area contributed by atoms with E-state index in [-0.39, 0.29) is 11.4 Å². The Morgan fingerprint density at radius 2 is 1.76 bits per heavy atom. The summed E-state index contributed by atoms with van der Waals surface area (Å²) in [6, 6.07) is 7.48. The highest BCUT2D eigenvalue weighted by Crippen LogP contribution is 2.55. The van der Waals surface area contributed by atoms with Crippen molar-refractivity contribution in [1.29, 1.82) is 0 Å². The second-order valence-corrected chi connectivity index (χ2v) is 8.38. The van der Waals surface area contributed by atoms with Crippen LogP contribution in [0.5, 0.6) is 11.5 Å². The minimum atomic E-state index is -0.444. The van der Waals surface area contributed by atoms with E-state index in [4.69, 9.17) is 9.47 Å². The molecule has 4 bridgehead atoms. The van der Waals surface area contributed by atoms with Crippen molar-refractivity contribution in [2.75, 3.05) is 7.11 Å². The maximum Gasteiger partial charge on any atom is 0.261 e. The fourth-order valence-corrected chi connectivity index (χ4v) is 5.77. The highest BCUT2D eigenvalue weighted by atomic mass is 16.5. The van der Waals surface area contributed by atoms with Gasteiger partial charge in [0, 0.05) is 11.6 Å². The summed E-state index contributed by atoms with van der Waals surface area (Å²) in [7, 11) is 1.64. The van der Waals surface area contributed by atoms with Gasteiger partial charge in [0.1, 0.15) is 11.5 Å². The minimum Gasteiger partial charge on any atom is -0.497 e. The lowest BCUT2D eigenvalue weighted by Gasteiger charge is -2.57. The Labute approximate surface area is 150 Å². The number of carbonyl (C=O) groups is 1. The summed E-state index contributed by atoms with van der Waals surface area (Å²) >= 11 is 0. The molecule has 136 valence electrons. The van der Waals surface area contributed by atoms with Crippen LogP contribution in [0.3, 0.4) is 0 Å². The van der Waals surface area contributed by atoms with Gasteiger partial charge >= 0.3 is 0 Å². The predicted octanol–water partition coefficient (Wildman–Crippen LogP) is 3.94. The summed E-state index contributed by atoms with van der Waals surface area (Å²) in [4.78, 5) is 13.0. The Hall–Kier alpha value is -1.71. The predicted molar refractivity (Wildman–Crippen MR) is 96.7 cm³/mol. The smallest absolute Gasteiger partial charge is 0.261 e. The maximum atomic E-state index is 13.0. The Balaban J connectivity index is 1.44. The fourth-order valence-electron chi connectivity index (χ4n) is 5.77. The molecule has 0 radical (unpaired) electrons. The summed E-state index contributed by atoms with van der Waals surface area (Å²) in [5.74, 6) is 3.95. The molecule has 0 aliphatic heterocycles. The average Bonchev–Trinajstić information content (AvgIpc) is 2.58. The van der Waals surface area contributed by atoms with Gasteiger partial charge in [-0.25, -0.2) is 0 Å². The molecule has 4 nitrogen and oxygen atoms in total. The first kappa shape index (κ1) is 16.7. The van der Waals surface area contributed by atoms with E-state index in [1.807, 2.05) is 31.2 Å². The van der Waals surface area contributed by atoms with Crippen molar-refractivity contribution < 1.29 is 14.3 Å². The van der Waals surface area contributed by atoms with Crippen molar-refractivity contribution in [2.45, 2.75) is 63.5 Å². The lowest BCUT2D eigenvalue weighted by atomic mass is 9.53. The van der Waals surface area contributed by atoms with Crippen LogP contribution in [0.4, 0.5) is 0 Å². The van der Waals surface area contributed by atoms with E-state index in [0.717, 1.165) is 23.5 Å². The van der Waals surface area contributed by atoms with Crippen LogP contribution >= 0.6 is 0 Å². The number of hydrogen-bond acceptors (Lipinski definition) is 3. The number of methoxy groups -OCH3 is 1. The van der Waals surface area contributed by atoms with Gasteiger partial charge < -0.3 is 14.8 Å². The highest BCUT2D eigenvalue weighted by molar-refractivity contribution is 5.82. The molecule has 4 heteroatoms. The molecule has 0 saturated heterocycles. The van der Waals surface area contributed by atoms with Crippen molar-refractivity contribution in [1.82, 2.24) is 5.32 Å². The summed E-state index contributed by atoms with van der Waals surface area (Å²) in [6.45, 7) is 2.00. The molecular weight excluding hydrogens is 314 g/mol. The normalized spacial score (nSPS) is 33.8. The van der Waals surface area contributed by atoms with E-state index in [0.29, 0.717) is 12.2 Å². The molecule has 25 heavy (non-hydrogen) atoms. The van der Waals surface area contributed by atoms with Crippen molar-refractivity contribution >= 4 is 5.91 Å². The van der Waals surface area contributed by atoms with Crippen LogP contribution in [0.25, 0.3) is 0 Å². The first-order valence-corrected chi connectivity index (χ1v) is 9.72. The zero-order valence-corrected chi connectivity index (χ0v) is 15.3. The summed E-state index contributed by atoms with van der Waals surface area (Å²) in [6.07, 6.45) is 7.86. The molecule has 1 aromatic rings. The quantitative estimate of drug-likeness (QED) is 0.851. The monoisotopic (exact) mass is 343 g/mol. The molecule has 0 spiro atoms. The number of rotatable bonds is 6. The Morgan fingerprint density at radius 1 is 1.16 bits per heavy atom. The van der Waals surface area contributed by atoms with Gasteiger partial charge in [0.2, 0.25) is 0 Å². The molecule has 0 heterocycles. The van der Waals surface area contributed by atoms with Gasteiger partial charge in [-0.05, 0) is 74.8 Å². The van der Waals surface area contributed by atoms with Gasteiger partial charge in [-0.15, -0.1) is 0 Å². The van der Waals surface area contributed by atoms with Gasteiger partial charge in [0.15, 0.2) is 6.10 Å². The highest BCUT2D eigenvalue weighted by Gasteiger charge is 2.51. The molecule has 1 amide bonds. The number of carbonyl (C=O) groups excluding carboxylic acids is 1. The Kier molecular flexibility index (Phi) is 4.38. The van der Waals surface area contributed by atoms with Crippen LogP contribution in [0.1, 0.15) is 51.9 Å². The van der Waals surface area contributed by atoms with Crippen molar-refractivity contribution in [3.8, 4) is 11.5 Å². The van der Waals surface area contributed by atoms with Crippen LogP contribution in [-0.4, -0.2) is 24.7 Å². The van der Waals surface area contributed by atoms with Crippen molar-refractivity contribution in [2.24, 2.45) is 17.8 Å². The summed E-state index contributed by atoms with van der Waals surface area (Å²) < 4.78 is 11.2. The van der Waals surface area contributed by atoms with Gasteiger partial charge in [-0.2, -0.15) is 0 Å². The van der Waals surface area contributed by atoms with Crippen molar-refractivity contribution in [3.05, 3.63) is 24.3 Å². The van der Waals surface area contributed by atoms with Crippen LogP contribution in [-0.2, 0) is 4.79 Å². The molecule has 4 fully saturated rings. The van der Waals surface area contributed by atoms with E-state index in [2.05, 4.69) is 5.32 Å². The first-order valence-electron chi connectivity index (χ1n) is 9.72. The topological polar surface area (TPSA) is 47.6 Å². The van der Waals surface area contributed by atoms with Gasteiger partial charge in [-0.3, -0.25) is 4.79 Å². The first-order chi connectivity index (χ1) is 12.1. The van der Waals surface area contributed by atoms with E-state index < -0.39 is 6.10 Å². The maximum absolute atomic E-state index is 13.0. The third-order valence-electron chi connectivity index (χ3n) is 6.41. The van der Waals surface area contributed by atoms with Crippen LogP contribution in [0.15, 0.2) is 24.3 Å². The molecule has 1 N–H and O–H groups in total. The second-order valence-electron chi connectivity index (χ2n) is 8.38. The van der Waals surface area contributed by atoms with Gasteiger partial charge in [0.05, 0.1) is 7.11 Å². The van der Waals surface area contributed by atoms with Crippen LogP contribution < -0.4 is 14.8 Å². The number of amides is 1. The molecule has 0 unspecified atom stereocenters. The molecular formula is C21H29NO3. The summed E-state index contributed by atoms with van der Waals surface area (Å²) in [5, 5.41) is 3.43. The Bertz CT molecular complexity index is 606. The number of benzene rings is 1. The van der Waals surface area contributed by atoms with Gasteiger partial charge in [0.25, 0.3) is 5.91 Å². The lowest BCUT2D eigenvalue weighted by Crippen LogP contribution is -2.61. The molecule has 5 rings (SSSR count). The third-order valence-corrected chi connectivity index (χ3v) is 6.41. The number of hydrogen-bond donors (Lipinski definition) is 1. The molecule has 4 aliphatic rings. The molecule has 4 saturated carbocycles. The molecule has 0 aromatic heterocycles. The zero-order valence-electron chi connectivity index (χ0n) is 15.3. The SMILES string of the molecule is CC[C@@H](Oc1cccc(OC)c1)C(=O)NC12CC3CC(CC(C3)C1)C2. The zero-order chi connectivity index (χ0) is 17.4. The molecule has 1 atom stereocenters. The standard InChI is InChI=1S/C21H29NO3/c1-3-19(25-18-6-4-5-17(10-18)24-2)20(23)22-21-11-14-7-15(12-21)9-16(8-14)13-21/h4-6,10,14-16,19H,3,7-9,11-13H2,1-2H3,(H,22,23)/t14?,15?,16?,19-,21?/m1/s1. The van der Waals surface area contributed by atoms with E-state index in [1.165, 1.54) is 38.5 Å². The number of nitrogens with one attached hydrogen (secondary N) is 1. The number of ether oxygens (including phenoxy) is 2. The van der Waals surface area contributed by atoms with Crippen LogP contribution in [0.2, 0.25) is 0 Å². The minimum absolute atomic E-state index is 0.0387. The van der Waals surface area contributed by atoms with Crippen LogP contribution in [0, 0.1) is 17.8 Å². The second kappa shape index (κ2) is 6.54. The Morgan fingerprint density at radius 3 is 2.32 bits per heavy atom.